The molecule has 90 valence electrons. The molecule has 2 atom stereocenters. The fraction of sp³-hybridized carbons (Fsp3) is 0.538. The molecule has 3 nitrogen and oxygen atoms in total. The molecule has 0 amide bonds. The number of aliphatic hydroxyl groups is 1. The third-order valence-corrected chi connectivity index (χ3v) is 2.64. The van der Waals surface area contributed by atoms with Gasteiger partial charge in [-0.25, -0.2) is 0 Å². The first-order chi connectivity index (χ1) is 7.76. The Bertz CT molecular complexity index is 277. The highest BCUT2D eigenvalue weighted by Crippen LogP contribution is 2.03. The minimum Gasteiger partial charge on any atom is -0.395 e. The summed E-state index contributed by atoms with van der Waals surface area (Å²) in [6.07, 6.45) is 1.01. The van der Waals surface area contributed by atoms with Crippen molar-refractivity contribution < 1.29 is 9.84 Å². The molecular weight excluding hydrogens is 202 g/mol. The van der Waals surface area contributed by atoms with Crippen LogP contribution in [0.3, 0.4) is 0 Å². The summed E-state index contributed by atoms with van der Waals surface area (Å²) in [7, 11) is 1.69. The predicted octanol–water partition coefficient (Wildman–Crippen LogP) is 1.21. The Labute approximate surface area is 97.4 Å². The van der Waals surface area contributed by atoms with E-state index in [0.717, 1.165) is 13.0 Å². The fourth-order valence-electron chi connectivity index (χ4n) is 1.52. The number of benzene rings is 1. The van der Waals surface area contributed by atoms with Gasteiger partial charge in [-0.3, -0.25) is 0 Å². The average Bonchev–Trinajstić information content (AvgIpc) is 2.35. The predicted molar refractivity (Wildman–Crippen MR) is 65.5 cm³/mol. The van der Waals surface area contributed by atoms with Crippen molar-refractivity contribution in [2.75, 3.05) is 20.3 Å². The molecule has 0 fully saturated rings. The van der Waals surface area contributed by atoms with Gasteiger partial charge in [-0.15, -0.1) is 0 Å². The zero-order valence-electron chi connectivity index (χ0n) is 10.0. The van der Waals surface area contributed by atoms with Crippen molar-refractivity contribution in [3.63, 3.8) is 0 Å². The Kier molecular flexibility index (Phi) is 6.08. The van der Waals surface area contributed by atoms with E-state index < -0.39 is 0 Å². The van der Waals surface area contributed by atoms with E-state index in [-0.39, 0.29) is 18.8 Å². The van der Waals surface area contributed by atoms with Crippen LogP contribution in [-0.2, 0) is 11.2 Å². The van der Waals surface area contributed by atoms with E-state index in [1.54, 1.807) is 7.11 Å². The molecule has 16 heavy (non-hydrogen) atoms. The Morgan fingerprint density at radius 2 is 2.00 bits per heavy atom. The molecule has 0 bridgehead atoms. The van der Waals surface area contributed by atoms with Gasteiger partial charge < -0.3 is 15.2 Å². The molecule has 3 heteroatoms. The molecule has 2 N–H and O–H groups in total. The first kappa shape index (κ1) is 13.2. The monoisotopic (exact) mass is 223 g/mol. The quantitative estimate of drug-likeness (QED) is 0.730. The first-order valence-electron chi connectivity index (χ1n) is 5.67. The SMILES string of the molecule is COC(C)CNC(CO)Cc1ccccc1. The van der Waals surface area contributed by atoms with Crippen LogP contribution in [0.25, 0.3) is 0 Å². The lowest BCUT2D eigenvalue weighted by Gasteiger charge is -2.18. The molecule has 0 saturated carbocycles. The standard InChI is InChI=1S/C13H21NO2/c1-11(16-2)9-14-13(10-15)8-12-6-4-3-5-7-12/h3-7,11,13-15H,8-10H2,1-2H3. The molecule has 1 aromatic rings. The fourth-order valence-corrected chi connectivity index (χ4v) is 1.52. The lowest BCUT2D eigenvalue weighted by molar-refractivity contribution is 0.110. The maximum atomic E-state index is 9.27. The minimum absolute atomic E-state index is 0.0972. The normalized spacial score (nSPS) is 14.7. The van der Waals surface area contributed by atoms with Gasteiger partial charge in [0.15, 0.2) is 0 Å². The number of rotatable bonds is 7. The Morgan fingerprint density at radius 3 is 2.56 bits per heavy atom. The third kappa shape index (κ3) is 4.75. The van der Waals surface area contributed by atoms with Crippen molar-refractivity contribution in [2.24, 2.45) is 0 Å². The van der Waals surface area contributed by atoms with Crippen molar-refractivity contribution in [2.45, 2.75) is 25.5 Å². The first-order valence-corrected chi connectivity index (χ1v) is 5.67. The van der Waals surface area contributed by atoms with Crippen LogP contribution in [0.1, 0.15) is 12.5 Å². The molecule has 0 radical (unpaired) electrons. The summed E-state index contributed by atoms with van der Waals surface area (Å²) in [5, 5.41) is 12.6. The Balaban J connectivity index is 2.37. The number of methoxy groups -OCH3 is 1. The maximum absolute atomic E-state index is 9.27. The molecule has 0 aliphatic heterocycles. The van der Waals surface area contributed by atoms with Crippen molar-refractivity contribution in [1.82, 2.24) is 5.32 Å². The number of ether oxygens (including phenoxy) is 1. The van der Waals surface area contributed by atoms with Crippen molar-refractivity contribution in [3.8, 4) is 0 Å². The topological polar surface area (TPSA) is 41.5 Å². The number of nitrogens with one attached hydrogen (secondary N) is 1. The lowest BCUT2D eigenvalue weighted by Crippen LogP contribution is -2.39. The van der Waals surface area contributed by atoms with Gasteiger partial charge in [-0.05, 0) is 18.9 Å². The van der Waals surface area contributed by atoms with Crippen LogP contribution < -0.4 is 5.32 Å². The molecule has 0 aromatic heterocycles. The molecule has 0 aliphatic rings. The second-order valence-electron chi connectivity index (χ2n) is 4.02. The van der Waals surface area contributed by atoms with Gasteiger partial charge in [0.1, 0.15) is 0 Å². The van der Waals surface area contributed by atoms with Gasteiger partial charge in [-0.1, -0.05) is 30.3 Å². The van der Waals surface area contributed by atoms with E-state index in [2.05, 4.69) is 17.4 Å². The van der Waals surface area contributed by atoms with E-state index in [4.69, 9.17) is 4.74 Å². The second-order valence-corrected chi connectivity index (χ2v) is 4.02. The summed E-state index contributed by atoms with van der Waals surface area (Å²) >= 11 is 0. The summed E-state index contributed by atoms with van der Waals surface area (Å²) in [6.45, 7) is 2.91. The molecule has 1 aromatic carbocycles. The Hall–Kier alpha value is -0.900. The summed E-state index contributed by atoms with van der Waals surface area (Å²) < 4.78 is 5.15. The minimum atomic E-state index is 0.0972. The maximum Gasteiger partial charge on any atom is 0.0667 e. The van der Waals surface area contributed by atoms with Crippen molar-refractivity contribution >= 4 is 0 Å². The summed E-state index contributed by atoms with van der Waals surface area (Å²) in [5.41, 5.74) is 1.24. The van der Waals surface area contributed by atoms with Crippen LogP contribution in [0.2, 0.25) is 0 Å². The number of aliphatic hydroxyl groups excluding tert-OH is 1. The highest BCUT2D eigenvalue weighted by molar-refractivity contribution is 5.15. The summed E-state index contributed by atoms with van der Waals surface area (Å²) in [5.74, 6) is 0. The van der Waals surface area contributed by atoms with Crippen LogP contribution in [-0.4, -0.2) is 37.5 Å². The average molecular weight is 223 g/mol. The third-order valence-electron chi connectivity index (χ3n) is 2.64. The molecular formula is C13H21NO2. The summed E-state index contributed by atoms with van der Waals surface area (Å²) in [4.78, 5) is 0. The second kappa shape index (κ2) is 7.39. The van der Waals surface area contributed by atoms with Gasteiger partial charge in [0, 0.05) is 19.7 Å². The van der Waals surface area contributed by atoms with Gasteiger partial charge in [0.05, 0.1) is 12.7 Å². The lowest BCUT2D eigenvalue weighted by atomic mass is 10.1. The highest BCUT2D eigenvalue weighted by Gasteiger charge is 2.09. The van der Waals surface area contributed by atoms with E-state index in [0.29, 0.717) is 0 Å². The van der Waals surface area contributed by atoms with E-state index in [1.807, 2.05) is 25.1 Å². The van der Waals surface area contributed by atoms with Crippen LogP contribution in [0.15, 0.2) is 30.3 Å². The smallest absolute Gasteiger partial charge is 0.0667 e. The van der Waals surface area contributed by atoms with Crippen LogP contribution >= 0.6 is 0 Å². The van der Waals surface area contributed by atoms with E-state index in [1.165, 1.54) is 5.56 Å². The number of hydrogen-bond donors (Lipinski definition) is 2. The molecule has 1 rings (SSSR count). The van der Waals surface area contributed by atoms with Gasteiger partial charge in [0.2, 0.25) is 0 Å². The van der Waals surface area contributed by atoms with Gasteiger partial charge in [-0.2, -0.15) is 0 Å². The number of hydrogen-bond acceptors (Lipinski definition) is 3. The zero-order chi connectivity index (χ0) is 11.8. The zero-order valence-corrected chi connectivity index (χ0v) is 10.0. The molecule has 2 unspecified atom stereocenters. The molecule has 0 aliphatic carbocycles. The molecule has 0 spiro atoms. The molecule has 0 saturated heterocycles. The Morgan fingerprint density at radius 1 is 1.31 bits per heavy atom. The summed E-state index contributed by atoms with van der Waals surface area (Å²) in [6, 6.07) is 10.3. The van der Waals surface area contributed by atoms with Crippen LogP contribution in [0.4, 0.5) is 0 Å². The largest absolute Gasteiger partial charge is 0.395 e. The van der Waals surface area contributed by atoms with Crippen molar-refractivity contribution in [1.29, 1.82) is 0 Å². The molecule has 0 heterocycles. The van der Waals surface area contributed by atoms with Crippen LogP contribution in [0, 0.1) is 0 Å². The van der Waals surface area contributed by atoms with Crippen molar-refractivity contribution in [3.05, 3.63) is 35.9 Å². The highest BCUT2D eigenvalue weighted by atomic mass is 16.5. The van der Waals surface area contributed by atoms with Gasteiger partial charge in [0.25, 0.3) is 0 Å². The van der Waals surface area contributed by atoms with Gasteiger partial charge >= 0.3 is 0 Å². The van der Waals surface area contributed by atoms with E-state index in [9.17, 15) is 5.11 Å². The van der Waals surface area contributed by atoms with Crippen LogP contribution in [0.5, 0.6) is 0 Å². The van der Waals surface area contributed by atoms with E-state index >= 15 is 0 Å².